The lowest BCUT2D eigenvalue weighted by Gasteiger charge is -2.07. The number of esters is 1. The van der Waals surface area contributed by atoms with Crippen molar-refractivity contribution in [1.82, 2.24) is 0 Å². The molecule has 8 heteroatoms. The van der Waals surface area contributed by atoms with Crippen molar-refractivity contribution in [2.45, 2.75) is 18.2 Å². The number of ketones is 1. The Kier molecular flexibility index (Phi) is 5.94. The smallest absolute Gasteiger partial charge is 0.338 e. The van der Waals surface area contributed by atoms with Gasteiger partial charge in [-0.25, -0.2) is 18.4 Å². The molecule has 0 amide bonds. The maximum absolute atomic E-state index is 12.0. The highest BCUT2D eigenvalue weighted by atomic mass is 35.5. The Morgan fingerprint density at radius 2 is 1.68 bits per heavy atom. The summed E-state index contributed by atoms with van der Waals surface area (Å²) in [6.45, 7) is 1.54. The molecule has 2 N–H and O–H groups in total. The summed E-state index contributed by atoms with van der Waals surface area (Å²) in [7, 11) is -4.08. The second kappa shape index (κ2) is 7.77. The summed E-state index contributed by atoms with van der Waals surface area (Å²) >= 11 is 5.75. The third kappa shape index (κ3) is 4.88. The number of carbonyl (C=O) groups is 2. The van der Waals surface area contributed by atoms with E-state index >= 15 is 0 Å². The van der Waals surface area contributed by atoms with Gasteiger partial charge in [0.25, 0.3) is 0 Å². The predicted molar refractivity (Wildman–Crippen MR) is 93.3 cm³/mol. The summed E-state index contributed by atoms with van der Waals surface area (Å²) in [6.07, 6.45) is 0.854. The van der Waals surface area contributed by atoms with E-state index in [9.17, 15) is 18.0 Å². The molecule has 25 heavy (non-hydrogen) atoms. The van der Waals surface area contributed by atoms with Gasteiger partial charge in [0.15, 0.2) is 12.4 Å². The summed E-state index contributed by atoms with van der Waals surface area (Å²) in [5.74, 6) is -1.21. The Bertz CT molecular complexity index is 907. The number of halogens is 1. The van der Waals surface area contributed by atoms with Crippen LogP contribution >= 0.6 is 11.6 Å². The van der Waals surface area contributed by atoms with Crippen molar-refractivity contribution in [1.29, 1.82) is 0 Å². The number of aryl methyl sites for hydroxylation is 1. The third-order valence-electron chi connectivity index (χ3n) is 3.49. The first-order valence-corrected chi connectivity index (χ1v) is 9.26. The number of hydrogen-bond acceptors (Lipinski definition) is 5. The van der Waals surface area contributed by atoms with Gasteiger partial charge >= 0.3 is 5.97 Å². The molecule has 0 heterocycles. The summed E-state index contributed by atoms with van der Waals surface area (Å²) in [5.41, 5.74) is 1.44. The van der Waals surface area contributed by atoms with E-state index in [1.807, 2.05) is 19.1 Å². The van der Waals surface area contributed by atoms with Crippen LogP contribution in [0.5, 0.6) is 0 Å². The lowest BCUT2D eigenvalue weighted by atomic mass is 10.1. The molecule has 0 radical (unpaired) electrons. The van der Waals surface area contributed by atoms with Gasteiger partial charge < -0.3 is 4.74 Å². The van der Waals surface area contributed by atoms with Crippen LogP contribution < -0.4 is 5.14 Å². The van der Waals surface area contributed by atoms with Crippen LogP contribution in [-0.4, -0.2) is 26.8 Å². The minimum atomic E-state index is -4.08. The molecule has 0 aliphatic heterocycles. The Morgan fingerprint density at radius 3 is 2.24 bits per heavy atom. The van der Waals surface area contributed by atoms with Gasteiger partial charge in [-0.1, -0.05) is 42.8 Å². The topological polar surface area (TPSA) is 104 Å². The molecule has 0 saturated heterocycles. The number of ether oxygens (including phenoxy) is 1. The molecule has 2 rings (SSSR count). The molecule has 0 unspecified atom stereocenters. The molecule has 2 aromatic carbocycles. The first-order valence-electron chi connectivity index (χ1n) is 7.34. The molecule has 0 aliphatic rings. The van der Waals surface area contributed by atoms with Gasteiger partial charge in [-0.2, -0.15) is 0 Å². The highest BCUT2D eigenvalue weighted by Gasteiger charge is 2.18. The summed E-state index contributed by atoms with van der Waals surface area (Å²) in [5, 5.41) is 4.92. The van der Waals surface area contributed by atoms with Crippen LogP contribution in [0.4, 0.5) is 0 Å². The van der Waals surface area contributed by atoms with Gasteiger partial charge in [0.05, 0.1) is 10.6 Å². The van der Waals surface area contributed by atoms with Crippen LogP contribution in [0.2, 0.25) is 5.02 Å². The van der Waals surface area contributed by atoms with Crippen molar-refractivity contribution in [3.8, 4) is 0 Å². The van der Waals surface area contributed by atoms with Crippen LogP contribution in [-0.2, 0) is 21.2 Å². The molecule has 0 saturated carbocycles. The van der Waals surface area contributed by atoms with Gasteiger partial charge in [0.1, 0.15) is 4.90 Å². The lowest BCUT2D eigenvalue weighted by Crippen LogP contribution is -2.16. The second-order valence-corrected chi connectivity index (χ2v) is 7.18. The summed E-state index contributed by atoms with van der Waals surface area (Å²) in [6, 6.07) is 10.5. The van der Waals surface area contributed by atoms with Crippen molar-refractivity contribution >= 4 is 33.4 Å². The van der Waals surface area contributed by atoms with Crippen molar-refractivity contribution in [3.05, 3.63) is 64.2 Å². The number of rotatable bonds is 6. The zero-order valence-electron chi connectivity index (χ0n) is 13.4. The monoisotopic (exact) mass is 381 g/mol. The standard InChI is InChI=1S/C17H16ClNO5S/c1-2-11-3-5-12(6-4-11)15(20)10-24-17(21)13-7-8-14(18)16(9-13)25(19,22)23/h3-9H,2,10H2,1H3,(H2,19,22,23). The normalized spacial score (nSPS) is 11.2. The molecular formula is C17H16ClNO5S. The number of primary sulfonamides is 1. The minimum absolute atomic E-state index is 0.0671. The van der Waals surface area contributed by atoms with Gasteiger partial charge in [-0.3, -0.25) is 4.79 Å². The van der Waals surface area contributed by atoms with Crippen molar-refractivity contribution in [3.63, 3.8) is 0 Å². The highest BCUT2D eigenvalue weighted by Crippen LogP contribution is 2.22. The third-order valence-corrected chi connectivity index (χ3v) is 4.88. The van der Waals surface area contributed by atoms with Crippen LogP contribution in [0.15, 0.2) is 47.4 Å². The van der Waals surface area contributed by atoms with Crippen molar-refractivity contribution < 1.29 is 22.7 Å². The average molecular weight is 382 g/mol. The SMILES string of the molecule is CCc1ccc(C(=O)COC(=O)c2ccc(Cl)c(S(N)(=O)=O)c2)cc1. The molecule has 0 fully saturated rings. The molecule has 0 bridgehead atoms. The lowest BCUT2D eigenvalue weighted by molar-refractivity contribution is 0.0474. The number of sulfonamides is 1. The number of carbonyl (C=O) groups excluding carboxylic acids is 2. The zero-order chi connectivity index (χ0) is 18.6. The molecule has 0 aromatic heterocycles. The Balaban J connectivity index is 2.08. The van der Waals surface area contributed by atoms with Crippen LogP contribution in [0, 0.1) is 0 Å². The van der Waals surface area contributed by atoms with E-state index < -0.39 is 22.6 Å². The van der Waals surface area contributed by atoms with Crippen molar-refractivity contribution in [2.24, 2.45) is 5.14 Å². The quantitative estimate of drug-likeness (QED) is 0.611. The van der Waals surface area contributed by atoms with E-state index in [0.717, 1.165) is 18.1 Å². The van der Waals surface area contributed by atoms with E-state index in [0.29, 0.717) is 5.56 Å². The first-order chi connectivity index (χ1) is 11.7. The average Bonchev–Trinajstić information content (AvgIpc) is 2.58. The van der Waals surface area contributed by atoms with E-state index in [4.69, 9.17) is 21.5 Å². The molecule has 0 aliphatic carbocycles. The Morgan fingerprint density at radius 1 is 1.08 bits per heavy atom. The largest absolute Gasteiger partial charge is 0.454 e. The van der Waals surface area contributed by atoms with E-state index in [1.54, 1.807) is 12.1 Å². The molecular weight excluding hydrogens is 366 g/mol. The maximum atomic E-state index is 12.0. The zero-order valence-corrected chi connectivity index (χ0v) is 14.9. The first kappa shape index (κ1) is 19.1. The fourth-order valence-corrected chi connectivity index (χ4v) is 3.14. The summed E-state index contributed by atoms with van der Waals surface area (Å²) < 4.78 is 27.8. The summed E-state index contributed by atoms with van der Waals surface area (Å²) in [4.78, 5) is 23.7. The Hall–Kier alpha value is -2.22. The molecule has 2 aromatic rings. The number of hydrogen-bond donors (Lipinski definition) is 1. The fraction of sp³-hybridized carbons (Fsp3) is 0.176. The van der Waals surface area contributed by atoms with E-state index in [2.05, 4.69) is 0 Å². The second-order valence-electron chi connectivity index (χ2n) is 5.24. The van der Waals surface area contributed by atoms with Crippen molar-refractivity contribution in [2.75, 3.05) is 6.61 Å². The van der Waals surface area contributed by atoms with Gasteiger partial charge in [-0.15, -0.1) is 0 Å². The molecule has 0 spiro atoms. The Labute approximate surface area is 150 Å². The molecule has 0 atom stereocenters. The number of benzene rings is 2. The van der Waals surface area contributed by atoms with Crippen LogP contribution in [0.25, 0.3) is 0 Å². The van der Waals surface area contributed by atoms with E-state index in [1.165, 1.54) is 12.1 Å². The van der Waals surface area contributed by atoms with Crippen LogP contribution in [0.3, 0.4) is 0 Å². The van der Waals surface area contributed by atoms with Gasteiger partial charge in [0, 0.05) is 5.56 Å². The van der Waals surface area contributed by atoms with Crippen LogP contribution in [0.1, 0.15) is 33.2 Å². The predicted octanol–water partition coefficient (Wildman–Crippen LogP) is 2.59. The number of nitrogens with two attached hydrogens (primary N) is 1. The molecule has 6 nitrogen and oxygen atoms in total. The molecule has 132 valence electrons. The number of Topliss-reactive ketones (excluding diaryl/α,β-unsaturated/α-hetero) is 1. The fourth-order valence-electron chi connectivity index (χ4n) is 2.07. The highest BCUT2D eigenvalue weighted by molar-refractivity contribution is 7.89. The maximum Gasteiger partial charge on any atom is 0.338 e. The van der Waals surface area contributed by atoms with Gasteiger partial charge in [-0.05, 0) is 30.2 Å². The minimum Gasteiger partial charge on any atom is -0.454 e. The van der Waals surface area contributed by atoms with E-state index in [-0.39, 0.29) is 21.3 Å². The van der Waals surface area contributed by atoms with Gasteiger partial charge in [0.2, 0.25) is 10.0 Å².